The van der Waals surface area contributed by atoms with Crippen molar-refractivity contribution in [2.75, 3.05) is 0 Å². The van der Waals surface area contributed by atoms with Gasteiger partial charge >= 0.3 is 0 Å². The molecule has 4 rings (SSSR count). The molecule has 2 aromatic heterocycles. The summed E-state index contributed by atoms with van der Waals surface area (Å²) in [5.41, 5.74) is 2.55. The van der Waals surface area contributed by atoms with Crippen molar-refractivity contribution < 1.29 is 8.42 Å². The Balaban J connectivity index is 1.58. The van der Waals surface area contributed by atoms with Gasteiger partial charge in [0.05, 0.1) is 11.4 Å². The predicted octanol–water partition coefficient (Wildman–Crippen LogP) is 2.47. The SMILES string of the molecule is Cc1cc(C)c(S(=O)(=O)NCc2nn3c(C4CC4)nnc3s2)c(C)c1. The van der Waals surface area contributed by atoms with Crippen molar-refractivity contribution >= 4 is 26.3 Å². The van der Waals surface area contributed by atoms with Crippen molar-refractivity contribution in [3.05, 3.63) is 39.7 Å². The smallest absolute Gasteiger partial charge is 0.207 e. The van der Waals surface area contributed by atoms with Gasteiger partial charge in [0.2, 0.25) is 15.0 Å². The first-order valence-electron chi connectivity index (χ1n) is 8.13. The fraction of sp³-hybridized carbons (Fsp3) is 0.438. The van der Waals surface area contributed by atoms with Gasteiger partial charge in [0.25, 0.3) is 0 Å². The average molecular weight is 377 g/mol. The summed E-state index contributed by atoms with van der Waals surface area (Å²) in [6.07, 6.45) is 2.23. The Hall–Kier alpha value is -1.84. The molecule has 2 heterocycles. The molecule has 0 spiro atoms. The van der Waals surface area contributed by atoms with E-state index in [1.807, 2.05) is 32.9 Å². The van der Waals surface area contributed by atoms with Gasteiger partial charge in [0.15, 0.2) is 5.82 Å². The lowest BCUT2D eigenvalue weighted by Crippen LogP contribution is -2.25. The van der Waals surface area contributed by atoms with Crippen LogP contribution in [0, 0.1) is 20.8 Å². The van der Waals surface area contributed by atoms with Gasteiger partial charge in [-0.1, -0.05) is 29.0 Å². The maximum absolute atomic E-state index is 12.7. The van der Waals surface area contributed by atoms with Gasteiger partial charge in [-0.3, -0.25) is 0 Å². The molecule has 1 N–H and O–H groups in total. The van der Waals surface area contributed by atoms with Crippen LogP contribution in [0.3, 0.4) is 0 Å². The van der Waals surface area contributed by atoms with Crippen LogP contribution in [-0.4, -0.2) is 28.2 Å². The Morgan fingerprint density at radius 1 is 1.20 bits per heavy atom. The Bertz CT molecular complexity index is 1040. The van der Waals surface area contributed by atoms with Crippen LogP contribution in [0.4, 0.5) is 0 Å². The van der Waals surface area contributed by atoms with Crippen LogP contribution >= 0.6 is 11.3 Å². The van der Waals surface area contributed by atoms with E-state index in [0.29, 0.717) is 20.8 Å². The second-order valence-corrected chi connectivity index (χ2v) is 9.32. The fourth-order valence-electron chi connectivity index (χ4n) is 3.16. The number of nitrogens with one attached hydrogen (secondary N) is 1. The second kappa shape index (κ2) is 5.86. The standard InChI is InChI=1S/C16H19N5O2S2/c1-9-6-10(2)14(11(3)7-9)25(22,23)17-8-13-20-21-15(12-4-5-12)18-19-16(21)24-13/h6-7,12,17H,4-5,8H2,1-3H3. The van der Waals surface area contributed by atoms with Gasteiger partial charge in [-0.25, -0.2) is 13.1 Å². The van der Waals surface area contributed by atoms with E-state index in [0.717, 1.165) is 35.4 Å². The number of aryl methyl sites for hydroxylation is 3. The number of sulfonamides is 1. The zero-order valence-electron chi connectivity index (χ0n) is 14.3. The van der Waals surface area contributed by atoms with Crippen molar-refractivity contribution in [3.8, 4) is 0 Å². The molecule has 1 aromatic carbocycles. The molecule has 3 aromatic rings. The number of hydrogen-bond acceptors (Lipinski definition) is 6. The van der Waals surface area contributed by atoms with E-state index in [2.05, 4.69) is 20.0 Å². The van der Waals surface area contributed by atoms with Crippen LogP contribution in [0.2, 0.25) is 0 Å². The highest BCUT2D eigenvalue weighted by molar-refractivity contribution is 7.89. The third-order valence-corrected chi connectivity index (χ3v) is 6.89. The molecular formula is C16H19N5O2S2. The average Bonchev–Trinajstić information content (AvgIpc) is 3.14. The molecule has 0 amide bonds. The molecule has 9 heteroatoms. The largest absolute Gasteiger partial charge is 0.241 e. The molecule has 1 aliphatic carbocycles. The summed E-state index contributed by atoms with van der Waals surface area (Å²) in [5.74, 6) is 1.32. The van der Waals surface area contributed by atoms with Crippen LogP contribution in [0.25, 0.3) is 4.96 Å². The zero-order chi connectivity index (χ0) is 17.8. The lowest BCUT2D eigenvalue weighted by atomic mass is 10.1. The van der Waals surface area contributed by atoms with Gasteiger partial charge in [-0.05, 0) is 44.7 Å². The lowest BCUT2D eigenvalue weighted by molar-refractivity contribution is 0.579. The Kier molecular flexibility index (Phi) is 3.89. The minimum absolute atomic E-state index is 0.146. The Morgan fingerprint density at radius 2 is 1.88 bits per heavy atom. The molecule has 0 bridgehead atoms. The summed E-state index contributed by atoms with van der Waals surface area (Å²) in [5, 5.41) is 13.5. The summed E-state index contributed by atoms with van der Waals surface area (Å²) in [6, 6.07) is 3.76. The van der Waals surface area contributed by atoms with Crippen molar-refractivity contribution in [1.29, 1.82) is 0 Å². The van der Waals surface area contributed by atoms with Gasteiger partial charge in [0, 0.05) is 5.92 Å². The summed E-state index contributed by atoms with van der Waals surface area (Å²) >= 11 is 1.36. The van der Waals surface area contributed by atoms with Gasteiger partial charge in [-0.2, -0.15) is 9.61 Å². The van der Waals surface area contributed by atoms with E-state index in [-0.39, 0.29) is 6.54 Å². The van der Waals surface area contributed by atoms with Gasteiger partial charge < -0.3 is 0 Å². The first-order chi connectivity index (χ1) is 11.8. The van der Waals surface area contributed by atoms with Crippen LogP contribution in [-0.2, 0) is 16.6 Å². The molecule has 1 saturated carbocycles. The molecule has 0 saturated heterocycles. The third kappa shape index (κ3) is 3.07. The third-order valence-electron chi connectivity index (χ3n) is 4.29. The van der Waals surface area contributed by atoms with Gasteiger partial charge in [0.1, 0.15) is 5.01 Å². The fourth-order valence-corrected chi connectivity index (χ4v) is 5.47. The molecule has 132 valence electrons. The van der Waals surface area contributed by atoms with E-state index in [4.69, 9.17) is 0 Å². The zero-order valence-corrected chi connectivity index (χ0v) is 15.9. The van der Waals surface area contributed by atoms with Crippen molar-refractivity contribution in [3.63, 3.8) is 0 Å². The minimum atomic E-state index is -3.60. The van der Waals surface area contributed by atoms with E-state index < -0.39 is 10.0 Å². The van der Waals surface area contributed by atoms with Crippen molar-refractivity contribution in [2.24, 2.45) is 0 Å². The first-order valence-corrected chi connectivity index (χ1v) is 10.4. The highest BCUT2D eigenvalue weighted by Gasteiger charge is 2.30. The normalized spacial score (nSPS) is 15.2. The van der Waals surface area contributed by atoms with Crippen LogP contribution in [0.15, 0.2) is 17.0 Å². The van der Waals surface area contributed by atoms with E-state index >= 15 is 0 Å². The molecule has 25 heavy (non-hydrogen) atoms. The van der Waals surface area contributed by atoms with E-state index in [1.54, 1.807) is 4.52 Å². The maximum atomic E-state index is 12.7. The highest BCUT2D eigenvalue weighted by atomic mass is 32.2. The highest BCUT2D eigenvalue weighted by Crippen LogP contribution is 2.39. The molecular weight excluding hydrogens is 358 g/mol. The topological polar surface area (TPSA) is 89.2 Å². The molecule has 0 unspecified atom stereocenters. The lowest BCUT2D eigenvalue weighted by Gasteiger charge is -2.12. The number of nitrogens with zero attached hydrogens (tertiary/aromatic N) is 4. The summed E-state index contributed by atoms with van der Waals surface area (Å²) in [6.45, 7) is 5.74. The van der Waals surface area contributed by atoms with E-state index in [1.165, 1.54) is 11.3 Å². The molecule has 0 atom stereocenters. The monoisotopic (exact) mass is 377 g/mol. The number of fused-ring (bicyclic) bond motifs is 1. The van der Waals surface area contributed by atoms with Crippen molar-refractivity contribution in [1.82, 2.24) is 24.5 Å². The molecule has 1 aliphatic rings. The quantitative estimate of drug-likeness (QED) is 0.738. The molecule has 1 fully saturated rings. The summed E-state index contributed by atoms with van der Waals surface area (Å²) in [4.78, 5) is 1.05. The number of benzene rings is 1. The summed E-state index contributed by atoms with van der Waals surface area (Å²) in [7, 11) is -3.60. The second-order valence-electron chi connectivity index (χ2n) is 6.58. The number of aromatic nitrogens is 4. The first kappa shape index (κ1) is 16.6. The Labute approximate surface area is 150 Å². The summed E-state index contributed by atoms with van der Waals surface area (Å²) < 4.78 is 29.9. The van der Waals surface area contributed by atoms with Crippen LogP contribution < -0.4 is 4.72 Å². The maximum Gasteiger partial charge on any atom is 0.241 e. The van der Waals surface area contributed by atoms with Crippen LogP contribution in [0.5, 0.6) is 0 Å². The molecule has 7 nitrogen and oxygen atoms in total. The number of rotatable bonds is 5. The van der Waals surface area contributed by atoms with Crippen molar-refractivity contribution in [2.45, 2.75) is 51.0 Å². The molecule has 0 radical (unpaired) electrons. The Morgan fingerprint density at radius 3 is 2.52 bits per heavy atom. The minimum Gasteiger partial charge on any atom is -0.207 e. The molecule has 0 aliphatic heterocycles. The van der Waals surface area contributed by atoms with Crippen LogP contribution in [0.1, 0.15) is 46.3 Å². The number of hydrogen-bond donors (Lipinski definition) is 1. The van der Waals surface area contributed by atoms with E-state index in [9.17, 15) is 8.42 Å². The van der Waals surface area contributed by atoms with Gasteiger partial charge in [-0.15, -0.1) is 10.2 Å². The predicted molar refractivity (Wildman–Crippen MR) is 95.3 cm³/mol.